The van der Waals surface area contributed by atoms with Crippen molar-refractivity contribution in [1.29, 1.82) is 0 Å². The molecule has 3 fully saturated rings. The average molecular weight is 378 g/mol. The smallest absolute Gasteiger partial charge is 0.239 e. The summed E-state index contributed by atoms with van der Waals surface area (Å²) in [7, 11) is 0. The Hall–Kier alpha value is -1.16. The summed E-state index contributed by atoms with van der Waals surface area (Å²) >= 11 is 1.89. The Bertz CT molecular complexity index is 619. The maximum Gasteiger partial charge on any atom is 0.239 e. The number of nitrogens with one attached hydrogen (secondary N) is 4. The van der Waals surface area contributed by atoms with Crippen molar-refractivity contribution in [3.8, 4) is 0 Å². The van der Waals surface area contributed by atoms with Crippen LogP contribution in [0.25, 0.3) is 0 Å². The molecule has 1 aromatic rings. The van der Waals surface area contributed by atoms with Crippen LogP contribution in [0.4, 0.5) is 0 Å². The lowest BCUT2D eigenvalue weighted by atomic mass is 10.1. The fraction of sp³-hybridized carbons (Fsp3) is 0.611. The van der Waals surface area contributed by atoms with Gasteiger partial charge in [-0.05, 0) is 5.56 Å². The lowest BCUT2D eigenvalue weighted by Crippen LogP contribution is -2.47. The van der Waals surface area contributed by atoms with Crippen LogP contribution in [0.2, 0.25) is 0 Å². The van der Waals surface area contributed by atoms with Gasteiger partial charge < -0.3 is 10.6 Å². The quantitative estimate of drug-likeness (QED) is 0.584. The number of nitrogens with zero attached hydrogens (tertiary/aromatic N) is 1. The van der Waals surface area contributed by atoms with Gasteiger partial charge in [0.2, 0.25) is 5.91 Å². The lowest BCUT2D eigenvalue weighted by molar-refractivity contribution is -0.124. The molecule has 5 atom stereocenters. The molecule has 0 aliphatic carbocycles. The highest BCUT2D eigenvalue weighted by Gasteiger charge is 2.39. The number of hydrogen-bond acceptors (Lipinski definition) is 7. The highest BCUT2D eigenvalue weighted by Crippen LogP contribution is 2.29. The fourth-order valence-electron chi connectivity index (χ4n) is 3.65. The molecule has 0 radical (unpaired) electrons. The van der Waals surface area contributed by atoms with Crippen molar-refractivity contribution in [2.45, 2.75) is 48.7 Å². The predicted octanol–water partition coefficient (Wildman–Crippen LogP) is 0.205. The van der Waals surface area contributed by atoms with E-state index in [0.717, 1.165) is 26.2 Å². The van der Waals surface area contributed by atoms with Crippen LogP contribution in [0.5, 0.6) is 0 Å². The zero-order valence-corrected chi connectivity index (χ0v) is 15.8. The van der Waals surface area contributed by atoms with Gasteiger partial charge in [-0.1, -0.05) is 37.3 Å². The number of hydroxylamine groups is 1. The molecule has 0 bridgehead atoms. The van der Waals surface area contributed by atoms with Crippen molar-refractivity contribution in [3.63, 3.8) is 0 Å². The summed E-state index contributed by atoms with van der Waals surface area (Å²) in [6.07, 6.45) is 0.744. The van der Waals surface area contributed by atoms with Crippen molar-refractivity contribution in [2.75, 3.05) is 19.6 Å². The zero-order chi connectivity index (χ0) is 17.9. The Morgan fingerprint density at radius 1 is 1.35 bits per heavy atom. The molecule has 3 aliphatic rings. The minimum atomic E-state index is -0.276. The first-order valence-corrected chi connectivity index (χ1v) is 10.2. The van der Waals surface area contributed by atoms with E-state index >= 15 is 0 Å². The van der Waals surface area contributed by atoms with Crippen LogP contribution in [-0.2, 0) is 16.2 Å². The van der Waals surface area contributed by atoms with Crippen molar-refractivity contribution in [3.05, 3.63) is 35.9 Å². The lowest BCUT2D eigenvalue weighted by Gasteiger charge is -2.17. The Kier molecular flexibility index (Phi) is 5.78. The summed E-state index contributed by atoms with van der Waals surface area (Å²) in [5.41, 5.74) is 7.55. The monoisotopic (exact) mass is 377 g/mol. The second-order valence-corrected chi connectivity index (χ2v) is 8.86. The summed E-state index contributed by atoms with van der Waals surface area (Å²) < 4.78 is 0. The van der Waals surface area contributed by atoms with Gasteiger partial charge in [0.15, 0.2) is 0 Å². The third-order valence-electron chi connectivity index (χ3n) is 5.03. The molecule has 0 aromatic heterocycles. The van der Waals surface area contributed by atoms with E-state index in [1.54, 1.807) is 0 Å². The fourth-order valence-corrected chi connectivity index (χ4v) is 4.88. The number of amides is 1. The van der Waals surface area contributed by atoms with E-state index in [4.69, 9.17) is 4.84 Å². The Morgan fingerprint density at radius 3 is 2.96 bits per heavy atom. The molecule has 0 saturated carbocycles. The maximum absolute atomic E-state index is 12.6. The number of rotatable bonds is 5. The molecule has 3 heterocycles. The number of hydrazine groups is 1. The summed E-state index contributed by atoms with van der Waals surface area (Å²) in [6, 6.07) is 10.2. The number of carbonyl (C=O) groups is 1. The van der Waals surface area contributed by atoms with Crippen molar-refractivity contribution in [1.82, 2.24) is 26.5 Å². The molecule has 8 heteroatoms. The highest BCUT2D eigenvalue weighted by atomic mass is 32.2. The second-order valence-electron chi connectivity index (χ2n) is 7.27. The van der Waals surface area contributed by atoms with E-state index in [1.807, 2.05) is 30.0 Å². The summed E-state index contributed by atoms with van der Waals surface area (Å²) in [4.78, 5) is 18.2. The van der Waals surface area contributed by atoms with E-state index in [2.05, 4.69) is 45.6 Å². The van der Waals surface area contributed by atoms with E-state index in [0.29, 0.717) is 11.7 Å². The second kappa shape index (κ2) is 8.24. The molecule has 7 nitrogen and oxygen atoms in total. The number of hydrogen-bond donors (Lipinski definition) is 4. The largest absolute Gasteiger partial charge is 0.349 e. The van der Waals surface area contributed by atoms with Gasteiger partial charge in [-0.15, -0.1) is 11.8 Å². The normalized spacial score (nSPS) is 35.0. The Labute approximate surface area is 158 Å². The van der Waals surface area contributed by atoms with Gasteiger partial charge in [0.05, 0.1) is 11.4 Å². The van der Waals surface area contributed by atoms with Crippen LogP contribution in [0, 0.1) is 0 Å². The molecule has 3 saturated heterocycles. The van der Waals surface area contributed by atoms with Gasteiger partial charge in [0.1, 0.15) is 12.1 Å². The van der Waals surface area contributed by atoms with Gasteiger partial charge in [0, 0.05) is 37.8 Å². The zero-order valence-electron chi connectivity index (χ0n) is 15.0. The van der Waals surface area contributed by atoms with Crippen molar-refractivity contribution >= 4 is 17.7 Å². The Morgan fingerprint density at radius 2 is 2.19 bits per heavy atom. The third kappa shape index (κ3) is 4.39. The first-order valence-electron chi connectivity index (χ1n) is 9.30. The summed E-state index contributed by atoms with van der Waals surface area (Å²) in [5.74, 6) is 0.0249. The molecule has 26 heavy (non-hydrogen) atoms. The van der Waals surface area contributed by atoms with Crippen LogP contribution >= 0.6 is 11.8 Å². The molecule has 4 N–H and O–H groups in total. The van der Waals surface area contributed by atoms with Crippen LogP contribution in [0.15, 0.2) is 30.3 Å². The number of thioether (sulfide) groups is 1. The average Bonchev–Trinajstić information content (AvgIpc) is 3.37. The van der Waals surface area contributed by atoms with Gasteiger partial charge in [0.25, 0.3) is 0 Å². The maximum atomic E-state index is 12.6. The van der Waals surface area contributed by atoms with E-state index in [9.17, 15) is 4.79 Å². The number of carbonyl (C=O) groups excluding carboxylic acids is 1. The van der Waals surface area contributed by atoms with Crippen molar-refractivity contribution in [2.24, 2.45) is 0 Å². The summed E-state index contributed by atoms with van der Waals surface area (Å²) in [5, 5.41) is 9.62. The molecular formula is C18H27N5O2S. The van der Waals surface area contributed by atoms with Crippen LogP contribution < -0.4 is 21.5 Å². The standard InChI is InChI=1S/C18H27N5O2S/c1-12-8-19-18(26-12)16-7-15(22-25-16)17(24)21-14-9-20-23(11-14)10-13-5-3-2-4-6-13/h2-6,12,14-16,18-20,22H,7-11H2,1H3,(H,21,24). The van der Waals surface area contributed by atoms with Gasteiger partial charge >= 0.3 is 0 Å². The Balaban J connectivity index is 1.22. The van der Waals surface area contributed by atoms with Crippen LogP contribution in [-0.4, -0.2) is 59.4 Å². The molecule has 1 amide bonds. The molecule has 1 aromatic carbocycles. The molecule has 142 valence electrons. The SMILES string of the molecule is CC1CNC(C2CC(C(=O)NC3CNN(Cc4ccccc4)C3)NO2)S1. The van der Waals surface area contributed by atoms with Gasteiger partial charge in [-0.25, -0.2) is 5.01 Å². The molecule has 3 aliphatic heterocycles. The van der Waals surface area contributed by atoms with Gasteiger partial charge in [-0.2, -0.15) is 5.48 Å². The highest BCUT2D eigenvalue weighted by molar-refractivity contribution is 8.00. The van der Waals surface area contributed by atoms with Crippen molar-refractivity contribution < 1.29 is 9.63 Å². The minimum absolute atomic E-state index is 0.0249. The van der Waals surface area contributed by atoms with Gasteiger partial charge in [-0.3, -0.25) is 15.1 Å². The topological polar surface area (TPSA) is 77.7 Å². The third-order valence-corrected chi connectivity index (χ3v) is 6.43. The first-order chi connectivity index (χ1) is 12.7. The minimum Gasteiger partial charge on any atom is -0.349 e. The molecule has 5 unspecified atom stereocenters. The molecular weight excluding hydrogens is 350 g/mol. The van der Waals surface area contributed by atoms with E-state index in [-0.39, 0.29) is 29.5 Å². The van der Waals surface area contributed by atoms with Crippen LogP contribution in [0.3, 0.4) is 0 Å². The molecule has 0 spiro atoms. The van der Waals surface area contributed by atoms with E-state index in [1.165, 1.54) is 5.56 Å². The predicted molar refractivity (Wildman–Crippen MR) is 102 cm³/mol. The molecule has 4 rings (SSSR count). The van der Waals surface area contributed by atoms with E-state index < -0.39 is 0 Å². The first kappa shape index (κ1) is 18.2. The number of benzene rings is 1. The summed E-state index contributed by atoms with van der Waals surface area (Å²) in [6.45, 7) is 5.60. The van der Waals surface area contributed by atoms with Crippen LogP contribution in [0.1, 0.15) is 18.9 Å².